The predicted octanol–water partition coefficient (Wildman–Crippen LogP) is 2.29. The summed E-state index contributed by atoms with van der Waals surface area (Å²) < 4.78 is 1.04. The number of fused-ring (bicyclic) bond motifs is 1. The number of anilines is 1. The Hall–Kier alpha value is -2.12. The quantitative estimate of drug-likeness (QED) is 0.751. The molecule has 3 aromatic heterocycles. The molecule has 3 aromatic rings. The van der Waals surface area contributed by atoms with Crippen LogP contribution in [0.15, 0.2) is 24.5 Å². The Kier molecular flexibility index (Phi) is 4.26. The number of pyridine rings is 1. The average molecular weight is 314 g/mol. The van der Waals surface area contributed by atoms with Crippen molar-refractivity contribution >= 4 is 27.4 Å². The monoisotopic (exact) mass is 314 g/mol. The van der Waals surface area contributed by atoms with E-state index in [4.69, 9.17) is 5.73 Å². The van der Waals surface area contributed by atoms with Crippen LogP contribution in [0.5, 0.6) is 0 Å². The largest absolute Gasteiger partial charge is 0.363 e. The molecule has 3 rings (SSSR count). The van der Waals surface area contributed by atoms with E-state index in [1.807, 2.05) is 19.1 Å². The molecule has 0 aliphatic heterocycles. The van der Waals surface area contributed by atoms with Gasteiger partial charge in [-0.2, -0.15) is 0 Å². The van der Waals surface area contributed by atoms with Crippen molar-refractivity contribution in [3.63, 3.8) is 0 Å². The fourth-order valence-corrected chi connectivity index (χ4v) is 3.62. The molecule has 0 aliphatic carbocycles. The second-order valence-corrected chi connectivity index (χ2v) is 6.46. The maximum atomic E-state index is 5.92. The molecule has 114 valence electrons. The van der Waals surface area contributed by atoms with E-state index in [9.17, 15) is 0 Å². The van der Waals surface area contributed by atoms with Crippen LogP contribution in [0.4, 0.5) is 5.82 Å². The van der Waals surface area contributed by atoms with Crippen molar-refractivity contribution in [2.75, 3.05) is 5.32 Å². The summed E-state index contributed by atoms with van der Waals surface area (Å²) in [5.74, 6) is 0.769. The Labute approximate surface area is 132 Å². The Morgan fingerprint density at radius 3 is 2.77 bits per heavy atom. The highest BCUT2D eigenvalue weighted by molar-refractivity contribution is 7.19. The summed E-state index contributed by atoms with van der Waals surface area (Å²) in [4.78, 5) is 5.27. The second-order valence-electron chi connectivity index (χ2n) is 5.36. The van der Waals surface area contributed by atoms with Crippen LogP contribution < -0.4 is 11.1 Å². The Bertz CT molecular complexity index is 768. The molecule has 0 saturated carbocycles. The van der Waals surface area contributed by atoms with Gasteiger partial charge in [0.05, 0.1) is 4.70 Å². The standard InChI is InChI=1S/C15H18N6S/c1-9(16)7-12-10(2)13-14(22-12)15(20-21-19-13)18-8-11-3-5-17-6-4-11/h3-6,9H,7-8,16H2,1-2H3,(H,18,19,20). The topological polar surface area (TPSA) is 89.6 Å². The third kappa shape index (κ3) is 3.05. The molecule has 22 heavy (non-hydrogen) atoms. The van der Waals surface area contributed by atoms with Gasteiger partial charge in [0.15, 0.2) is 5.82 Å². The van der Waals surface area contributed by atoms with Crippen LogP contribution >= 0.6 is 11.3 Å². The number of aryl methyl sites for hydroxylation is 1. The number of thiophene rings is 1. The molecular weight excluding hydrogens is 296 g/mol. The van der Waals surface area contributed by atoms with Gasteiger partial charge in [0.25, 0.3) is 0 Å². The first-order valence-corrected chi connectivity index (χ1v) is 7.96. The second kappa shape index (κ2) is 6.33. The van der Waals surface area contributed by atoms with E-state index >= 15 is 0 Å². The number of nitrogens with one attached hydrogen (secondary N) is 1. The zero-order valence-corrected chi connectivity index (χ0v) is 13.4. The first-order valence-electron chi connectivity index (χ1n) is 7.15. The number of aromatic nitrogens is 4. The lowest BCUT2D eigenvalue weighted by atomic mass is 10.1. The van der Waals surface area contributed by atoms with Crippen LogP contribution in [0.25, 0.3) is 10.2 Å². The zero-order chi connectivity index (χ0) is 15.5. The van der Waals surface area contributed by atoms with Crippen LogP contribution in [-0.4, -0.2) is 26.4 Å². The lowest BCUT2D eigenvalue weighted by molar-refractivity contribution is 0.744. The van der Waals surface area contributed by atoms with Crippen LogP contribution in [0.1, 0.15) is 22.9 Å². The smallest absolute Gasteiger partial charge is 0.170 e. The van der Waals surface area contributed by atoms with Crippen molar-refractivity contribution < 1.29 is 0 Å². The summed E-state index contributed by atoms with van der Waals surface area (Å²) in [6.45, 7) is 4.75. The first-order chi connectivity index (χ1) is 10.6. The maximum Gasteiger partial charge on any atom is 0.170 e. The molecule has 1 atom stereocenters. The van der Waals surface area contributed by atoms with Gasteiger partial charge in [0.1, 0.15) is 5.52 Å². The fraction of sp³-hybridized carbons (Fsp3) is 0.333. The number of nitrogens with zero attached hydrogens (tertiary/aromatic N) is 4. The lowest BCUT2D eigenvalue weighted by Crippen LogP contribution is -2.17. The first kappa shape index (κ1) is 14.8. The van der Waals surface area contributed by atoms with Gasteiger partial charge >= 0.3 is 0 Å². The minimum Gasteiger partial charge on any atom is -0.363 e. The molecule has 0 radical (unpaired) electrons. The molecular formula is C15H18N6S. The minimum atomic E-state index is 0.126. The Morgan fingerprint density at radius 2 is 2.05 bits per heavy atom. The lowest BCUT2D eigenvalue weighted by Gasteiger charge is -2.04. The van der Waals surface area contributed by atoms with Gasteiger partial charge in [-0.15, -0.1) is 21.5 Å². The summed E-state index contributed by atoms with van der Waals surface area (Å²) in [5, 5.41) is 15.5. The molecule has 0 saturated heterocycles. The molecule has 0 spiro atoms. The zero-order valence-electron chi connectivity index (χ0n) is 12.6. The van der Waals surface area contributed by atoms with Crippen molar-refractivity contribution in [2.24, 2.45) is 5.73 Å². The summed E-state index contributed by atoms with van der Waals surface area (Å²) in [7, 11) is 0. The van der Waals surface area contributed by atoms with Crippen molar-refractivity contribution in [3.05, 3.63) is 40.5 Å². The molecule has 1 unspecified atom stereocenters. The van der Waals surface area contributed by atoms with Crippen molar-refractivity contribution in [1.29, 1.82) is 0 Å². The van der Waals surface area contributed by atoms with Crippen molar-refractivity contribution in [3.8, 4) is 0 Å². The van der Waals surface area contributed by atoms with Crippen molar-refractivity contribution in [2.45, 2.75) is 32.9 Å². The Morgan fingerprint density at radius 1 is 1.27 bits per heavy atom. The summed E-state index contributed by atoms with van der Waals surface area (Å²) in [6, 6.07) is 4.07. The number of rotatable bonds is 5. The molecule has 6 nitrogen and oxygen atoms in total. The number of hydrogen-bond acceptors (Lipinski definition) is 7. The molecule has 7 heteroatoms. The van der Waals surface area contributed by atoms with E-state index < -0.39 is 0 Å². The molecule has 0 aromatic carbocycles. The minimum absolute atomic E-state index is 0.126. The van der Waals surface area contributed by atoms with Gasteiger partial charge in [-0.1, -0.05) is 0 Å². The normalized spacial score (nSPS) is 12.5. The number of nitrogens with two attached hydrogens (primary N) is 1. The van der Waals surface area contributed by atoms with Crippen LogP contribution in [-0.2, 0) is 13.0 Å². The molecule has 0 amide bonds. The summed E-state index contributed by atoms with van der Waals surface area (Å²) in [6.07, 6.45) is 4.40. The summed E-state index contributed by atoms with van der Waals surface area (Å²) in [5.41, 5.74) is 9.13. The average Bonchev–Trinajstić information content (AvgIpc) is 2.83. The highest BCUT2D eigenvalue weighted by atomic mass is 32.1. The van der Waals surface area contributed by atoms with Crippen LogP contribution in [0.2, 0.25) is 0 Å². The van der Waals surface area contributed by atoms with E-state index in [0.29, 0.717) is 6.54 Å². The van der Waals surface area contributed by atoms with Gasteiger partial charge in [-0.3, -0.25) is 4.98 Å². The third-order valence-corrected chi connectivity index (χ3v) is 4.75. The SMILES string of the molecule is Cc1c(CC(C)N)sc2c(NCc3ccncc3)nnnc12. The molecule has 0 fully saturated rings. The van der Waals surface area contributed by atoms with Gasteiger partial charge in [0, 0.05) is 29.9 Å². The molecule has 3 N–H and O–H groups in total. The number of hydrogen-bond donors (Lipinski definition) is 2. The predicted molar refractivity (Wildman–Crippen MR) is 88.9 cm³/mol. The van der Waals surface area contributed by atoms with E-state index in [2.05, 4.69) is 32.6 Å². The van der Waals surface area contributed by atoms with Gasteiger partial charge < -0.3 is 11.1 Å². The maximum absolute atomic E-state index is 5.92. The molecule has 0 bridgehead atoms. The van der Waals surface area contributed by atoms with Crippen LogP contribution in [0.3, 0.4) is 0 Å². The van der Waals surface area contributed by atoms with E-state index in [0.717, 1.165) is 33.6 Å². The highest BCUT2D eigenvalue weighted by Crippen LogP contribution is 2.33. The molecule has 0 aliphatic rings. The molecule has 3 heterocycles. The summed E-state index contributed by atoms with van der Waals surface area (Å²) >= 11 is 1.69. The van der Waals surface area contributed by atoms with E-state index in [1.54, 1.807) is 23.7 Å². The van der Waals surface area contributed by atoms with Gasteiger partial charge in [-0.05, 0) is 48.7 Å². The van der Waals surface area contributed by atoms with E-state index in [-0.39, 0.29) is 6.04 Å². The van der Waals surface area contributed by atoms with Crippen molar-refractivity contribution in [1.82, 2.24) is 20.4 Å². The van der Waals surface area contributed by atoms with Gasteiger partial charge in [0.2, 0.25) is 0 Å². The van der Waals surface area contributed by atoms with Gasteiger partial charge in [-0.25, -0.2) is 0 Å². The van der Waals surface area contributed by atoms with Crippen LogP contribution in [0, 0.1) is 6.92 Å². The third-order valence-electron chi connectivity index (χ3n) is 3.44. The highest BCUT2D eigenvalue weighted by Gasteiger charge is 2.15. The van der Waals surface area contributed by atoms with E-state index in [1.165, 1.54) is 4.88 Å². The fourth-order valence-electron chi connectivity index (χ4n) is 2.28. The Balaban J connectivity index is 1.89.